The quantitative estimate of drug-likeness (QED) is 0.323. The standard InChI is InChI=1S/C25H17ClN4O2S/c1-32-22-5-3-2-4-18(22)17-12-13-27-14-19(17)23(31)30-25-29-21-11-10-20(28-24(21)33-25)15-6-8-16(26)9-7-15/h2-14H,1H3,(H,29,30,31). The van der Waals surface area contributed by atoms with Gasteiger partial charge in [0.1, 0.15) is 16.1 Å². The molecule has 0 saturated heterocycles. The Kier molecular flexibility index (Phi) is 5.73. The van der Waals surface area contributed by atoms with E-state index in [0.29, 0.717) is 27.0 Å². The van der Waals surface area contributed by atoms with Gasteiger partial charge in [-0.3, -0.25) is 15.1 Å². The summed E-state index contributed by atoms with van der Waals surface area (Å²) in [6.07, 6.45) is 3.19. The molecule has 3 heterocycles. The highest BCUT2D eigenvalue weighted by molar-refractivity contribution is 7.22. The molecular weight excluding hydrogens is 456 g/mol. The van der Waals surface area contributed by atoms with E-state index in [4.69, 9.17) is 21.3 Å². The highest BCUT2D eigenvalue weighted by atomic mass is 35.5. The van der Waals surface area contributed by atoms with Crippen LogP contribution in [0, 0.1) is 0 Å². The zero-order chi connectivity index (χ0) is 22.8. The van der Waals surface area contributed by atoms with Gasteiger partial charge in [0.05, 0.1) is 18.4 Å². The van der Waals surface area contributed by atoms with Crippen LogP contribution in [0.2, 0.25) is 5.02 Å². The number of para-hydroxylation sites is 1. The molecule has 1 amide bonds. The molecule has 0 aliphatic carbocycles. The molecule has 1 N–H and O–H groups in total. The maximum Gasteiger partial charge on any atom is 0.259 e. The molecule has 0 saturated carbocycles. The third kappa shape index (κ3) is 4.28. The van der Waals surface area contributed by atoms with Crippen molar-refractivity contribution in [2.45, 2.75) is 0 Å². The summed E-state index contributed by atoms with van der Waals surface area (Å²) in [5.74, 6) is 0.373. The number of nitrogens with one attached hydrogen (secondary N) is 1. The summed E-state index contributed by atoms with van der Waals surface area (Å²) in [4.78, 5) is 27.2. The number of anilines is 1. The van der Waals surface area contributed by atoms with Crippen molar-refractivity contribution in [3.05, 3.63) is 89.7 Å². The van der Waals surface area contributed by atoms with Gasteiger partial charge in [0, 0.05) is 34.1 Å². The summed E-state index contributed by atoms with van der Waals surface area (Å²) < 4.78 is 5.47. The van der Waals surface area contributed by atoms with E-state index in [-0.39, 0.29) is 5.91 Å². The number of nitrogens with zero attached hydrogens (tertiary/aromatic N) is 3. The van der Waals surface area contributed by atoms with Gasteiger partial charge in [0.2, 0.25) is 0 Å². The number of carbonyl (C=O) groups excluding carboxylic acids is 1. The molecule has 33 heavy (non-hydrogen) atoms. The van der Waals surface area contributed by atoms with Gasteiger partial charge in [-0.1, -0.05) is 53.3 Å². The largest absolute Gasteiger partial charge is 0.496 e. The summed E-state index contributed by atoms with van der Waals surface area (Å²) in [7, 11) is 1.60. The topological polar surface area (TPSA) is 77.0 Å². The van der Waals surface area contributed by atoms with E-state index in [0.717, 1.165) is 27.2 Å². The molecule has 6 nitrogen and oxygen atoms in total. The Hall–Kier alpha value is -3.81. The molecule has 0 unspecified atom stereocenters. The Labute approximate surface area is 198 Å². The minimum absolute atomic E-state index is 0.305. The second kappa shape index (κ2) is 8.97. The van der Waals surface area contributed by atoms with Crippen molar-refractivity contribution in [2.75, 3.05) is 12.4 Å². The Morgan fingerprint density at radius 1 is 0.970 bits per heavy atom. The average Bonchev–Trinajstić information content (AvgIpc) is 3.26. The predicted octanol–water partition coefficient (Wildman–Crippen LogP) is 6.33. The first kappa shape index (κ1) is 21.1. The molecule has 162 valence electrons. The first-order valence-corrected chi connectivity index (χ1v) is 11.2. The zero-order valence-electron chi connectivity index (χ0n) is 17.4. The first-order chi connectivity index (χ1) is 16.1. The van der Waals surface area contributed by atoms with Crippen molar-refractivity contribution in [1.29, 1.82) is 0 Å². The lowest BCUT2D eigenvalue weighted by Crippen LogP contribution is -2.13. The molecule has 0 radical (unpaired) electrons. The van der Waals surface area contributed by atoms with Crippen LogP contribution < -0.4 is 10.1 Å². The molecule has 0 aliphatic heterocycles. The Morgan fingerprint density at radius 3 is 2.61 bits per heavy atom. The molecule has 0 atom stereocenters. The summed E-state index contributed by atoms with van der Waals surface area (Å²) in [5, 5.41) is 4.03. The van der Waals surface area contributed by atoms with Crippen LogP contribution in [0.5, 0.6) is 5.75 Å². The first-order valence-electron chi connectivity index (χ1n) is 10.0. The summed E-state index contributed by atoms with van der Waals surface area (Å²) in [6.45, 7) is 0. The number of fused-ring (bicyclic) bond motifs is 1. The lowest BCUT2D eigenvalue weighted by Gasteiger charge is -2.12. The second-order valence-electron chi connectivity index (χ2n) is 7.12. The number of hydrogen-bond acceptors (Lipinski definition) is 6. The number of carbonyl (C=O) groups is 1. The van der Waals surface area contributed by atoms with Crippen molar-refractivity contribution >= 4 is 44.3 Å². The molecule has 0 bridgehead atoms. The number of hydrogen-bond donors (Lipinski definition) is 1. The van der Waals surface area contributed by atoms with E-state index in [1.54, 1.807) is 25.6 Å². The van der Waals surface area contributed by atoms with Crippen LogP contribution in [0.25, 0.3) is 32.7 Å². The third-order valence-electron chi connectivity index (χ3n) is 5.08. The number of rotatable bonds is 5. The predicted molar refractivity (Wildman–Crippen MR) is 132 cm³/mol. The lowest BCUT2D eigenvalue weighted by atomic mass is 10.0. The van der Waals surface area contributed by atoms with E-state index in [1.807, 2.05) is 60.7 Å². The molecule has 0 fully saturated rings. The lowest BCUT2D eigenvalue weighted by molar-refractivity contribution is 0.102. The SMILES string of the molecule is COc1ccccc1-c1ccncc1C(=O)Nc1nc2ccc(-c3ccc(Cl)cc3)nc2s1. The van der Waals surface area contributed by atoms with E-state index in [2.05, 4.69) is 15.3 Å². The van der Waals surface area contributed by atoms with Crippen LogP contribution in [0.4, 0.5) is 5.13 Å². The molecule has 2 aromatic carbocycles. The summed E-state index contributed by atoms with van der Waals surface area (Å²) in [6, 6.07) is 20.6. The number of thiazole rings is 1. The van der Waals surface area contributed by atoms with Gasteiger partial charge in [-0.2, -0.15) is 0 Å². The maximum atomic E-state index is 13.1. The van der Waals surface area contributed by atoms with Crippen molar-refractivity contribution in [1.82, 2.24) is 15.0 Å². The number of pyridine rings is 2. The van der Waals surface area contributed by atoms with E-state index < -0.39 is 0 Å². The summed E-state index contributed by atoms with van der Waals surface area (Å²) >= 11 is 7.30. The smallest absolute Gasteiger partial charge is 0.259 e. The van der Waals surface area contributed by atoms with Gasteiger partial charge in [-0.25, -0.2) is 9.97 Å². The molecule has 5 aromatic rings. The molecular formula is C25H17ClN4O2S. The van der Waals surface area contributed by atoms with Crippen molar-refractivity contribution < 1.29 is 9.53 Å². The second-order valence-corrected chi connectivity index (χ2v) is 8.54. The maximum absolute atomic E-state index is 13.1. The van der Waals surface area contributed by atoms with Crippen LogP contribution in [-0.2, 0) is 0 Å². The average molecular weight is 473 g/mol. The van der Waals surface area contributed by atoms with Crippen LogP contribution in [-0.4, -0.2) is 28.0 Å². The highest BCUT2D eigenvalue weighted by Gasteiger charge is 2.18. The minimum atomic E-state index is -0.305. The fraction of sp³-hybridized carbons (Fsp3) is 0.0400. The van der Waals surface area contributed by atoms with Crippen LogP contribution in [0.15, 0.2) is 79.1 Å². The fourth-order valence-corrected chi connectivity index (χ4v) is 4.45. The Balaban J connectivity index is 1.45. The van der Waals surface area contributed by atoms with Crippen molar-refractivity contribution in [3.63, 3.8) is 0 Å². The molecule has 8 heteroatoms. The van der Waals surface area contributed by atoms with E-state index in [9.17, 15) is 4.79 Å². The fourth-order valence-electron chi connectivity index (χ4n) is 3.49. The molecule has 0 aliphatic rings. The molecule has 5 rings (SSSR count). The summed E-state index contributed by atoms with van der Waals surface area (Å²) in [5.41, 5.74) is 4.44. The van der Waals surface area contributed by atoms with Crippen molar-refractivity contribution in [2.24, 2.45) is 0 Å². The number of halogens is 1. The van der Waals surface area contributed by atoms with Gasteiger partial charge in [-0.05, 0) is 36.4 Å². The molecule has 0 spiro atoms. The van der Waals surface area contributed by atoms with Crippen LogP contribution in [0.3, 0.4) is 0 Å². The highest BCUT2D eigenvalue weighted by Crippen LogP contribution is 2.33. The Morgan fingerprint density at radius 2 is 1.79 bits per heavy atom. The number of benzene rings is 2. The minimum Gasteiger partial charge on any atom is -0.496 e. The molecule has 3 aromatic heterocycles. The van der Waals surface area contributed by atoms with Crippen LogP contribution in [0.1, 0.15) is 10.4 Å². The van der Waals surface area contributed by atoms with Gasteiger partial charge in [0.25, 0.3) is 5.91 Å². The number of aromatic nitrogens is 3. The van der Waals surface area contributed by atoms with Crippen LogP contribution >= 0.6 is 22.9 Å². The van der Waals surface area contributed by atoms with E-state index >= 15 is 0 Å². The van der Waals surface area contributed by atoms with Gasteiger partial charge < -0.3 is 4.74 Å². The third-order valence-corrected chi connectivity index (χ3v) is 6.21. The van der Waals surface area contributed by atoms with Gasteiger partial charge in [-0.15, -0.1) is 0 Å². The van der Waals surface area contributed by atoms with Gasteiger partial charge >= 0.3 is 0 Å². The number of ether oxygens (including phenoxy) is 1. The normalized spacial score (nSPS) is 10.8. The van der Waals surface area contributed by atoms with Crippen molar-refractivity contribution in [3.8, 4) is 28.1 Å². The van der Waals surface area contributed by atoms with Gasteiger partial charge in [0.15, 0.2) is 5.13 Å². The Bertz CT molecular complexity index is 1470. The number of methoxy groups -OCH3 is 1. The zero-order valence-corrected chi connectivity index (χ0v) is 19.0. The monoisotopic (exact) mass is 472 g/mol. The van der Waals surface area contributed by atoms with E-state index in [1.165, 1.54) is 11.3 Å². The number of amides is 1.